The summed E-state index contributed by atoms with van der Waals surface area (Å²) in [6.07, 6.45) is 7.64. The molecule has 0 saturated heterocycles. The summed E-state index contributed by atoms with van der Waals surface area (Å²) in [7, 11) is 0. The van der Waals surface area contributed by atoms with E-state index in [4.69, 9.17) is 5.73 Å². The minimum atomic E-state index is -0.711. The van der Waals surface area contributed by atoms with Crippen molar-refractivity contribution in [1.29, 1.82) is 0 Å². The Morgan fingerprint density at radius 2 is 1.71 bits per heavy atom. The van der Waals surface area contributed by atoms with E-state index < -0.39 is 5.97 Å². The zero-order chi connectivity index (χ0) is 15.2. The molecule has 0 heterocycles. The molecule has 4 N–H and O–H groups in total. The van der Waals surface area contributed by atoms with Gasteiger partial charge >= 0.3 is 5.97 Å². The molecule has 0 bridgehead atoms. The van der Waals surface area contributed by atoms with Gasteiger partial charge in [-0.1, -0.05) is 12.8 Å². The Bertz CT molecular complexity index is 365. The van der Waals surface area contributed by atoms with Crippen molar-refractivity contribution in [3.63, 3.8) is 0 Å². The van der Waals surface area contributed by atoms with Crippen LogP contribution >= 0.6 is 0 Å². The smallest absolute Gasteiger partial charge is 0.306 e. The maximum absolute atomic E-state index is 12.2. The molecule has 1 amide bonds. The Balaban J connectivity index is 1.76. The first kappa shape index (κ1) is 16.3. The van der Waals surface area contributed by atoms with Crippen LogP contribution in [-0.4, -0.2) is 30.1 Å². The van der Waals surface area contributed by atoms with Gasteiger partial charge in [-0.15, -0.1) is 0 Å². The molecule has 0 spiro atoms. The molecule has 0 aromatic carbocycles. The second-order valence-electron chi connectivity index (χ2n) is 6.69. The van der Waals surface area contributed by atoms with Crippen LogP contribution in [0.3, 0.4) is 0 Å². The van der Waals surface area contributed by atoms with Crippen LogP contribution < -0.4 is 11.1 Å². The van der Waals surface area contributed by atoms with Gasteiger partial charge in [-0.25, -0.2) is 0 Å². The molecular formula is C16H28N2O3. The highest BCUT2D eigenvalue weighted by Crippen LogP contribution is 2.31. The van der Waals surface area contributed by atoms with Crippen LogP contribution in [0, 0.1) is 23.7 Å². The second kappa shape index (κ2) is 7.78. The van der Waals surface area contributed by atoms with Gasteiger partial charge in [-0.05, 0) is 56.9 Å². The van der Waals surface area contributed by atoms with Crippen LogP contribution in [0.5, 0.6) is 0 Å². The highest BCUT2D eigenvalue weighted by Gasteiger charge is 2.32. The molecule has 120 valence electrons. The summed E-state index contributed by atoms with van der Waals surface area (Å²) in [5.41, 5.74) is 5.67. The van der Waals surface area contributed by atoms with Gasteiger partial charge in [0.25, 0.3) is 0 Å². The Kier molecular flexibility index (Phi) is 6.03. The second-order valence-corrected chi connectivity index (χ2v) is 6.69. The lowest BCUT2D eigenvalue weighted by atomic mass is 9.78. The van der Waals surface area contributed by atoms with Crippen LogP contribution in [0.2, 0.25) is 0 Å². The molecule has 2 unspecified atom stereocenters. The van der Waals surface area contributed by atoms with Crippen molar-refractivity contribution in [3.8, 4) is 0 Å². The average Bonchev–Trinajstić information content (AvgIpc) is 2.52. The van der Waals surface area contributed by atoms with Gasteiger partial charge in [0.2, 0.25) is 5.91 Å². The Hall–Kier alpha value is -1.10. The van der Waals surface area contributed by atoms with E-state index in [1.807, 2.05) is 0 Å². The third-order valence-corrected chi connectivity index (χ3v) is 5.32. The first-order valence-corrected chi connectivity index (χ1v) is 8.32. The highest BCUT2D eigenvalue weighted by molar-refractivity contribution is 5.78. The SMILES string of the molecule is NCC1CCC(C(=O)NCC2CCCCC2C(=O)O)CC1. The number of nitrogens with one attached hydrogen (secondary N) is 1. The van der Waals surface area contributed by atoms with Gasteiger partial charge in [-0.2, -0.15) is 0 Å². The summed E-state index contributed by atoms with van der Waals surface area (Å²) in [6.45, 7) is 1.24. The third-order valence-electron chi connectivity index (χ3n) is 5.32. The number of carbonyl (C=O) groups excluding carboxylic acids is 1. The third kappa shape index (κ3) is 4.43. The average molecular weight is 296 g/mol. The van der Waals surface area contributed by atoms with Crippen molar-refractivity contribution in [2.45, 2.75) is 51.4 Å². The van der Waals surface area contributed by atoms with Gasteiger partial charge in [0.15, 0.2) is 0 Å². The fourth-order valence-corrected chi connectivity index (χ4v) is 3.81. The van der Waals surface area contributed by atoms with Crippen LogP contribution in [0.4, 0.5) is 0 Å². The van der Waals surface area contributed by atoms with E-state index in [0.717, 1.165) is 57.9 Å². The summed E-state index contributed by atoms with van der Waals surface area (Å²) in [5, 5.41) is 12.3. The molecule has 0 aromatic rings. The number of hydrogen-bond donors (Lipinski definition) is 3. The van der Waals surface area contributed by atoms with Crippen molar-refractivity contribution in [3.05, 3.63) is 0 Å². The standard InChI is InChI=1S/C16H28N2O3/c17-9-11-5-7-12(8-6-11)15(19)18-10-13-3-1-2-4-14(13)16(20)21/h11-14H,1-10,17H2,(H,18,19)(H,20,21). The summed E-state index contributed by atoms with van der Waals surface area (Å²) >= 11 is 0. The topological polar surface area (TPSA) is 92.4 Å². The number of carboxylic acid groups (broad SMARTS) is 1. The van der Waals surface area contributed by atoms with E-state index in [-0.39, 0.29) is 23.7 Å². The van der Waals surface area contributed by atoms with Crippen molar-refractivity contribution in [1.82, 2.24) is 5.32 Å². The minimum Gasteiger partial charge on any atom is -0.481 e. The molecule has 2 fully saturated rings. The van der Waals surface area contributed by atoms with Gasteiger partial charge < -0.3 is 16.2 Å². The lowest BCUT2D eigenvalue weighted by Crippen LogP contribution is -2.40. The molecule has 0 aromatic heterocycles. The number of nitrogens with two attached hydrogens (primary N) is 1. The highest BCUT2D eigenvalue weighted by atomic mass is 16.4. The van der Waals surface area contributed by atoms with Crippen LogP contribution in [0.25, 0.3) is 0 Å². The normalized spacial score (nSPS) is 33.4. The number of aliphatic carboxylic acids is 1. The predicted octanol–water partition coefficient (Wildman–Crippen LogP) is 1.76. The lowest BCUT2D eigenvalue weighted by molar-refractivity contribution is -0.145. The van der Waals surface area contributed by atoms with Gasteiger partial charge in [0, 0.05) is 12.5 Å². The molecule has 0 radical (unpaired) electrons. The van der Waals surface area contributed by atoms with Gasteiger partial charge in [0.05, 0.1) is 5.92 Å². The maximum atomic E-state index is 12.2. The monoisotopic (exact) mass is 296 g/mol. The molecule has 0 aliphatic heterocycles. The Morgan fingerprint density at radius 3 is 2.33 bits per heavy atom. The van der Waals surface area contributed by atoms with Crippen molar-refractivity contribution < 1.29 is 14.7 Å². The van der Waals surface area contributed by atoms with Crippen LogP contribution in [0.15, 0.2) is 0 Å². The summed E-state index contributed by atoms with van der Waals surface area (Å²) < 4.78 is 0. The summed E-state index contributed by atoms with van der Waals surface area (Å²) in [5.74, 6) is -0.117. The molecule has 2 rings (SSSR count). The summed E-state index contributed by atoms with van der Waals surface area (Å²) in [4.78, 5) is 23.5. The van der Waals surface area contributed by atoms with Crippen LogP contribution in [-0.2, 0) is 9.59 Å². The van der Waals surface area contributed by atoms with E-state index in [2.05, 4.69) is 5.32 Å². The quantitative estimate of drug-likeness (QED) is 0.720. The maximum Gasteiger partial charge on any atom is 0.306 e. The molecule has 5 heteroatoms. The fourth-order valence-electron chi connectivity index (χ4n) is 3.81. The Labute approximate surface area is 126 Å². The number of carboxylic acids is 1. The molecule has 2 atom stereocenters. The molecule has 2 aliphatic carbocycles. The number of hydrogen-bond acceptors (Lipinski definition) is 3. The van der Waals surface area contributed by atoms with Crippen LogP contribution in [0.1, 0.15) is 51.4 Å². The number of carbonyl (C=O) groups is 2. The first-order valence-electron chi connectivity index (χ1n) is 8.32. The predicted molar refractivity (Wildman–Crippen MR) is 80.6 cm³/mol. The van der Waals surface area contributed by atoms with Crippen molar-refractivity contribution >= 4 is 11.9 Å². The van der Waals surface area contributed by atoms with E-state index in [1.165, 1.54) is 0 Å². The molecule has 2 aliphatic rings. The zero-order valence-corrected chi connectivity index (χ0v) is 12.7. The van der Waals surface area contributed by atoms with Crippen molar-refractivity contribution in [2.24, 2.45) is 29.4 Å². The van der Waals surface area contributed by atoms with E-state index in [9.17, 15) is 14.7 Å². The Morgan fingerprint density at radius 1 is 1.05 bits per heavy atom. The zero-order valence-electron chi connectivity index (χ0n) is 12.7. The number of rotatable bonds is 5. The summed E-state index contributed by atoms with van der Waals surface area (Å²) in [6, 6.07) is 0. The minimum absolute atomic E-state index is 0.0969. The molecule has 21 heavy (non-hydrogen) atoms. The molecule has 5 nitrogen and oxygen atoms in total. The van der Waals surface area contributed by atoms with Gasteiger partial charge in [-0.3, -0.25) is 9.59 Å². The van der Waals surface area contributed by atoms with Gasteiger partial charge in [0.1, 0.15) is 0 Å². The molecular weight excluding hydrogens is 268 g/mol. The molecule has 2 saturated carbocycles. The largest absolute Gasteiger partial charge is 0.481 e. The fraction of sp³-hybridized carbons (Fsp3) is 0.875. The first-order chi connectivity index (χ1) is 10.1. The van der Waals surface area contributed by atoms with E-state index in [0.29, 0.717) is 12.5 Å². The van der Waals surface area contributed by atoms with E-state index in [1.54, 1.807) is 0 Å². The lowest BCUT2D eigenvalue weighted by Gasteiger charge is -2.30. The number of amides is 1. The van der Waals surface area contributed by atoms with E-state index >= 15 is 0 Å². The van der Waals surface area contributed by atoms with Crippen molar-refractivity contribution in [2.75, 3.05) is 13.1 Å².